The van der Waals surface area contributed by atoms with Gasteiger partial charge in [0.2, 0.25) is 0 Å². The molecule has 17 heavy (non-hydrogen) atoms. The van der Waals surface area contributed by atoms with E-state index in [0.717, 1.165) is 10.2 Å². The van der Waals surface area contributed by atoms with Crippen LogP contribution in [0.5, 0.6) is 0 Å². The maximum absolute atomic E-state index is 11.5. The molecule has 90 valence electrons. The molecular weight excluding hydrogens is 238 g/mol. The van der Waals surface area contributed by atoms with Gasteiger partial charge in [-0.25, -0.2) is 9.78 Å². The fourth-order valence-corrected chi connectivity index (χ4v) is 2.19. The second kappa shape index (κ2) is 5.60. The number of amides is 2. The highest BCUT2D eigenvalue weighted by atomic mass is 32.1. The van der Waals surface area contributed by atoms with Crippen LogP contribution in [0.1, 0.15) is 0 Å². The van der Waals surface area contributed by atoms with E-state index in [0.29, 0.717) is 18.3 Å². The van der Waals surface area contributed by atoms with Crippen molar-refractivity contribution in [2.45, 2.75) is 0 Å². The van der Waals surface area contributed by atoms with Gasteiger partial charge in [0.05, 0.1) is 16.8 Å². The second-order valence-corrected chi connectivity index (χ2v) is 4.39. The first-order valence-electron chi connectivity index (χ1n) is 5.19. The molecule has 0 bridgehead atoms. The van der Waals surface area contributed by atoms with Gasteiger partial charge in [0.15, 0.2) is 5.13 Å². The molecule has 0 aliphatic carbocycles. The smallest absolute Gasteiger partial charge is 0.321 e. The number of hydrogen-bond donors (Lipinski definition) is 2. The summed E-state index contributed by atoms with van der Waals surface area (Å²) in [6.45, 7) is 0.973. The molecule has 1 aromatic carbocycles. The maximum Gasteiger partial charge on any atom is 0.321 e. The van der Waals surface area contributed by atoms with Crippen molar-refractivity contribution in [3.8, 4) is 0 Å². The average molecular weight is 251 g/mol. The van der Waals surface area contributed by atoms with Gasteiger partial charge in [-0.3, -0.25) is 5.32 Å². The molecule has 2 N–H and O–H groups in total. The van der Waals surface area contributed by atoms with Crippen LogP contribution in [-0.4, -0.2) is 31.3 Å². The highest BCUT2D eigenvalue weighted by molar-refractivity contribution is 7.22. The van der Waals surface area contributed by atoms with Gasteiger partial charge in [0, 0.05) is 13.7 Å². The van der Waals surface area contributed by atoms with E-state index >= 15 is 0 Å². The van der Waals surface area contributed by atoms with E-state index in [1.807, 2.05) is 24.3 Å². The maximum atomic E-state index is 11.5. The molecule has 0 spiro atoms. The van der Waals surface area contributed by atoms with Gasteiger partial charge in [-0.05, 0) is 12.1 Å². The van der Waals surface area contributed by atoms with Crippen molar-refractivity contribution in [2.75, 3.05) is 25.6 Å². The standard InChI is InChI=1S/C11H13N3O2S/c1-16-7-6-12-10(15)14-11-13-8-4-2-3-5-9(8)17-11/h2-5H,6-7H2,1H3,(H2,12,13,14,15). The molecule has 0 unspecified atom stereocenters. The van der Waals surface area contributed by atoms with E-state index in [2.05, 4.69) is 15.6 Å². The molecule has 2 amide bonds. The Bertz CT molecular complexity index is 479. The van der Waals surface area contributed by atoms with Crippen molar-refractivity contribution in [3.05, 3.63) is 24.3 Å². The number of thiazole rings is 1. The topological polar surface area (TPSA) is 63.2 Å². The number of anilines is 1. The van der Waals surface area contributed by atoms with E-state index in [-0.39, 0.29) is 6.03 Å². The lowest BCUT2D eigenvalue weighted by Crippen LogP contribution is -2.31. The van der Waals surface area contributed by atoms with Crippen molar-refractivity contribution >= 4 is 32.7 Å². The summed E-state index contributed by atoms with van der Waals surface area (Å²) in [5.74, 6) is 0. The zero-order valence-corrected chi connectivity index (χ0v) is 10.2. The second-order valence-electron chi connectivity index (χ2n) is 3.36. The van der Waals surface area contributed by atoms with Gasteiger partial charge < -0.3 is 10.1 Å². The van der Waals surface area contributed by atoms with Gasteiger partial charge in [-0.2, -0.15) is 0 Å². The lowest BCUT2D eigenvalue weighted by Gasteiger charge is -2.03. The summed E-state index contributed by atoms with van der Waals surface area (Å²) in [4.78, 5) is 15.7. The Balaban J connectivity index is 1.96. The van der Waals surface area contributed by atoms with Crippen LogP contribution < -0.4 is 10.6 Å². The number of fused-ring (bicyclic) bond motifs is 1. The number of ether oxygens (including phenoxy) is 1. The summed E-state index contributed by atoms with van der Waals surface area (Å²) in [6, 6.07) is 7.50. The number of nitrogens with one attached hydrogen (secondary N) is 2. The molecule has 2 rings (SSSR count). The summed E-state index contributed by atoms with van der Waals surface area (Å²) in [5, 5.41) is 5.96. The van der Waals surface area contributed by atoms with Gasteiger partial charge >= 0.3 is 6.03 Å². The van der Waals surface area contributed by atoms with Crippen LogP contribution in [0.25, 0.3) is 10.2 Å². The minimum Gasteiger partial charge on any atom is -0.383 e. The normalized spacial score (nSPS) is 10.4. The van der Waals surface area contributed by atoms with E-state index in [4.69, 9.17) is 4.74 Å². The van der Waals surface area contributed by atoms with Crippen molar-refractivity contribution in [1.82, 2.24) is 10.3 Å². The summed E-state index contributed by atoms with van der Waals surface area (Å²) < 4.78 is 5.89. The largest absolute Gasteiger partial charge is 0.383 e. The van der Waals surface area contributed by atoms with Crippen molar-refractivity contribution in [2.24, 2.45) is 0 Å². The lowest BCUT2D eigenvalue weighted by atomic mass is 10.3. The van der Waals surface area contributed by atoms with Gasteiger partial charge in [0.25, 0.3) is 0 Å². The van der Waals surface area contributed by atoms with Gasteiger partial charge in [-0.1, -0.05) is 23.5 Å². The first-order chi connectivity index (χ1) is 8.29. The van der Waals surface area contributed by atoms with Crippen molar-refractivity contribution in [1.29, 1.82) is 0 Å². The summed E-state index contributed by atoms with van der Waals surface area (Å²) >= 11 is 1.45. The molecular formula is C11H13N3O2S. The number of aromatic nitrogens is 1. The third kappa shape index (κ3) is 3.15. The summed E-state index contributed by atoms with van der Waals surface area (Å²) in [7, 11) is 1.59. The molecule has 6 heteroatoms. The van der Waals surface area contributed by atoms with Crippen LogP contribution in [0.4, 0.5) is 9.93 Å². The molecule has 0 fully saturated rings. The number of urea groups is 1. The van der Waals surface area contributed by atoms with E-state index in [1.165, 1.54) is 11.3 Å². The molecule has 0 saturated carbocycles. The van der Waals surface area contributed by atoms with E-state index < -0.39 is 0 Å². The van der Waals surface area contributed by atoms with Crippen LogP contribution in [0, 0.1) is 0 Å². The minimum atomic E-state index is -0.263. The Hall–Kier alpha value is -1.66. The number of para-hydroxylation sites is 1. The average Bonchev–Trinajstić information content (AvgIpc) is 2.71. The third-order valence-electron chi connectivity index (χ3n) is 2.11. The zero-order valence-electron chi connectivity index (χ0n) is 9.40. The molecule has 0 aliphatic heterocycles. The first-order valence-corrected chi connectivity index (χ1v) is 6.00. The predicted octanol–water partition coefficient (Wildman–Crippen LogP) is 2.06. The van der Waals surface area contributed by atoms with Crippen LogP contribution in [0.15, 0.2) is 24.3 Å². The highest BCUT2D eigenvalue weighted by Crippen LogP contribution is 2.24. The van der Waals surface area contributed by atoms with Crippen LogP contribution in [-0.2, 0) is 4.74 Å². The quantitative estimate of drug-likeness (QED) is 0.818. The summed E-state index contributed by atoms with van der Waals surface area (Å²) in [5.41, 5.74) is 0.893. The molecule has 0 aliphatic rings. The molecule has 5 nitrogen and oxygen atoms in total. The molecule has 0 radical (unpaired) electrons. The number of carbonyl (C=O) groups is 1. The fourth-order valence-electron chi connectivity index (χ4n) is 1.33. The van der Waals surface area contributed by atoms with Crippen LogP contribution in [0.2, 0.25) is 0 Å². The van der Waals surface area contributed by atoms with E-state index in [9.17, 15) is 4.79 Å². The van der Waals surface area contributed by atoms with Crippen LogP contribution in [0.3, 0.4) is 0 Å². The van der Waals surface area contributed by atoms with Crippen LogP contribution >= 0.6 is 11.3 Å². The van der Waals surface area contributed by atoms with Crippen molar-refractivity contribution < 1.29 is 9.53 Å². The fraction of sp³-hybridized carbons (Fsp3) is 0.273. The predicted molar refractivity (Wildman–Crippen MR) is 68.5 cm³/mol. The molecule has 1 heterocycles. The molecule has 0 atom stereocenters. The first kappa shape index (κ1) is 11.8. The molecule has 1 aromatic heterocycles. The van der Waals surface area contributed by atoms with E-state index in [1.54, 1.807) is 7.11 Å². The van der Waals surface area contributed by atoms with Crippen molar-refractivity contribution in [3.63, 3.8) is 0 Å². The number of nitrogens with zero attached hydrogens (tertiary/aromatic N) is 1. The number of benzene rings is 1. The Labute approximate surface area is 103 Å². The number of hydrogen-bond acceptors (Lipinski definition) is 4. The lowest BCUT2D eigenvalue weighted by molar-refractivity contribution is 0.198. The highest BCUT2D eigenvalue weighted by Gasteiger charge is 2.06. The Morgan fingerprint density at radius 3 is 3.06 bits per heavy atom. The number of methoxy groups -OCH3 is 1. The minimum absolute atomic E-state index is 0.263. The number of carbonyl (C=O) groups excluding carboxylic acids is 1. The SMILES string of the molecule is COCCNC(=O)Nc1nc2ccccc2s1. The van der Waals surface area contributed by atoms with Gasteiger partial charge in [-0.15, -0.1) is 0 Å². The Morgan fingerprint density at radius 1 is 1.47 bits per heavy atom. The molecule has 2 aromatic rings. The Kier molecular flexibility index (Phi) is 3.89. The monoisotopic (exact) mass is 251 g/mol. The zero-order chi connectivity index (χ0) is 12.1. The molecule has 0 saturated heterocycles. The third-order valence-corrected chi connectivity index (χ3v) is 3.06. The van der Waals surface area contributed by atoms with Gasteiger partial charge in [0.1, 0.15) is 0 Å². The Morgan fingerprint density at radius 2 is 2.29 bits per heavy atom. The number of rotatable bonds is 4. The summed E-state index contributed by atoms with van der Waals surface area (Å²) in [6.07, 6.45) is 0.